The minimum Gasteiger partial charge on any atom is -0.493 e. The lowest BCUT2D eigenvalue weighted by Gasteiger charge is -2.09. The van der Waals surface area contributed by atoms with Crippen molar-refractivity contribution in [3.8, 4) is 11.5 Å². The molecule has 0 aliphatic heterocycles. The van der Waals surface area contributed by atoms with Crippen LogP contribution in [0.25, 0.3) is 0 Å². The number of aromatic nitrogens is 3. The van der Waals surface area contributed by atoms with Crippen LogP contribution in [0.15, 0.2) is 40.8 Å². The Kier molecular flexibility index (Phi) is 5.42. The van der Waals surface area contributed by atoms with E-state index >= 15 is 0 Å². The number of ether oxygens (including phenoxy) is 2. The van der Waals surface area contributed by atoms with Crippen molar-refractivity contribution in [3.63, 3.8) is 0 Å². The average molecular weight is 332 g/mol. The number of H-pyrrole nitrogens is 1. The molecule has 1 N–H and O–H groups in total. The highest BCUT2D eigenvalue weighted by Gasteiger charge is 2.05. The van der Waals surface area contributed by atoms with Crippen LogP contribution in [0.1, 0.15) is 11.3 Å². The maximum Gasteiger partial charge on any atom is 0.296 e. The zero-order valence-electron chi connectivity index (χ0n) is 12.8. The maximum absolute atomic E-state index is 12.0. The highest BCUT2D eigenvalue weighted by Crippen LogP contribution is 2.27. The fourth-order valence-electron chi connectivity index (χ4n) is 1.73. The molecule has 0 aliphatic carbocycles. The largest absolute Gasteiger partial charge is 0.493 e. The summed E-state index contributed by atoms with van der Waals surface area (Å²) in [6.45, 7) is 5.56. The smallest absolute Gasteiger partial charge is 0.296 e. The van der Waals surface area contributed by atoms with Crippen molar-refractivity contribution in [3.05, 3.63) is 57.2 Å². The SMILES string of the molecule is C=CCOc1ccc(C=Nn2c(=S)[nH]nc(C)c2=O)cc1OC. The lowest BCUT2D eigenvalue weighted by Crippen LogP contribution is -2.22. The normalized spacial score (nSPS) is 10.7. The third-order valence-electron chi connectivity index (χ3n) is 2.88. The molecule has 0 unspecified atom stereocenters. The van der Waals surface area contributed by atoms with Crippen LogP contribution >= 0.6 is 12.2 Å². The van der Waals surface area contributed by atoms with Gasteiger partial charge >= 0.3 is 0 Å². The molecule has 7 nitrogen and oxygen atoms in total. The Morgan fingerprint density at radius 1 is 1.48 bits per heavy atom. The van der Waals surface area contributed by atoms with E-state index < -0.39 is 0 Å². The molecule has 1 aromatic heterocycles. The second-order valence-corrected chi connectivity index (χ2v) is 4.87. The van der Waals surface area contributed by atoms with E-state index in [0.717, 1.165) is 10.2 Å². The number of methoxy groups -OCH3 is 1. The minimum absolute atomic E-state index is 0.120. The van der Waals surface area contributed by atoms with Crippen LogP contribution in [0.5, 0.6) is 11.5 Å². The predicted octanol–water partition coefficient (Wildman–Crippen LogP) is 2.06. The molecule has 2 rings (SSSR count). The van der Waals surface area contributed by atoms with Gasteiger partial charge in [-0.15, -0.1) is 0 Å². The van der Waals surface area contributed by atoms with Crippen molar-refractivity contribution in [2.24, 2.45) is 5.10 Å². The molecule has 120 valence electrons. The number of hydrogen-bond donors (Lipinski definition) is 1. The van der Waals surface area contributed by atoms with E-state index in [-0.39, 0.29) is 16.0 Å². The van der Waals surface area contributed by atoms with E-state index in [2.05, 4.69) is 21.9 Å². The lowest BCUT2D eigenvalue weighted by molar-refractivity contribution is 0.326. The van der Waals surface area contributed by atoms with Gasteiger partial charge in [0, 0.05) is 0 Å². The summed E-state index contributed by atoms with van der Waals surface area (Å²) in [5.74, 6) is 1.15. The standard InChI is InChI=1S/C15H16N4O3S/c1-4-7-22-12-6-5-11(8-13(12)21-3)9-16-19-14(20)10(2)17-18-15(19)23/h4-6,8-9H,1,7H2,2-3H3,(H,18,23). The van der Waals surface area contributed by atoms with Crippen molar-refractivity contribution < 1.29 is 9.47 Å². The molecule has 0 aliphatic rings. The molecule has 23 heavy (non-hydrogen) atoms. The monoisotopic (exact) mass is 332 g/mol. The van der Waals surface area contributed by atoms with Gasteiger partial charge in [0.1, 0.15) is 12.3 Å². The first-order chi connectivity index (χ1) is 11.1. The van der Waals surface area contributed by atoms with E-state index in [1.165, 1.54) is 6.21 Å². The molecule has 0 radical (unpaired) electrons. The van der Waals surface area contributed by atoms with E-state index in [0.29, 0.717) is 18.1 Å². The first kappa shape index (κ1) is 16.6. The Labute approximate surface area is 137 Å². The quantitative estimate of drug-likeness (QED) is 0.497. The molecular weight excluding hydrogens is 316 g/mol. The van der Waals surface area contributed by atoms with Crippen LogP contribution in [0.4, 0.5) is 0 Å². The first-order valence-corrected chi connectivity index (χ1v) is 7.12. The van der Waals surface area contributed by atoms with Gasteiger partial charge in [-0.25, -0.2) is 0 Å². The van der Waals surface area contributed by atoms with E-state index in [1.807, 2.05) is 0 Å². The fraction of sp³-hybridized carbons (Fsp3) is 0.200. The predicted molar refractivity (Wildman–Crippen MR) is 90.1 cm³/mol. The zero-order valence-corrected chi connectivity index (χ0v) is 13.6. The van der Waals surface area contributed by atoms with E-state index in [4.69, 9.17) is 21.7 Å². The second-order valence-electron chi connectivity index (χ2n) is 4.49. The number of nitrogens with one attached hydrogen (secondary N) is 1. The highest BCUT2D eigenvalue weighted by molar-refractivity contribution is 7.71. The Morgan fingerprint density at radius 3 is 2.96 bits per heavy atom. The zero-order chi connectivity index (χ0) is 16.8. The number of aryl methyl sites for hydroxylation is 1. The Bertz CT molecular complexity index is 855. The summed E-state index contributed by atoms with van der Waals surface area (Å²) in [5, 5.41) is 10.4. The molecule has 0 atom stereocenters. The summed E-state index contributed by atoms with van der Waals surface area (Å²) in [7, 11) is 1.55. The Morgan fingerprint density at radius 2 is 2.26 bits per heavy atom. The fourth-order valence-corrected chi connectivity index (χ4v) is 1.91. The van der Waals surface area contributed by atoms with Crippen LogP contribution in [0.3, 0.4) is 0 Å². The summed E-state index contributed by atoms with van der Waals surface area (Å²) >= 11 is 5.01. The van der Waals surface area contributed by atoms with Gasteiger partial charge in [0.2, 0.25) is 4.77 Å². The van der Waals surface area contributed by atoms with Gasteiger partial charge in [-0.05, 0) is 42.9 Å². The summed E-state index contributed by atoms with van der Waals surface area (Å²) in [6, 6.07) is 5.29. The summed E-state index contributed by atoms with van der Waals surface area (Å²) in [5.41, 5.74) is 0.632. The Hall–Kier alpha value is -2.74. The molecular formula is C15H16N4O3S. The van der Waals surface area contributed by atoms with E-state index in [1.54, 1.807) is 38.3 Å². The van der Waals surface area contributed by atoms with Crippen LogP contribution in [-0.4, -0.2) is 34.8 Å². The highest BCUT2D eigenvalue weighted by atomic mass is 32.1. The topological polar surface area (TPSA) is 81.5 Å². The van der Waals surface area contributed by atoms with E-state index in [9.17, 15) is 4.79 Å². The maximum atomic E-state index is 12.0. The first-order valence-electron chi connectivity index (χ1n) is 6.71. The molecule has 0 saturated heterocycles. The van der Waals surface area contributed by atoms with Crippen LogP contribution in [0.2, 0.25) is 0 Å². The van der Waals surface area contributed by atoms with Crippen LogP contribution < -0.4 is 15.0 Å². The molecule has 0 saturated carbocycles. The number of hydrogen-bond acceptors (Lipinski definition) is 6. The molecule has 2 aromatic rings. The average Bonchev–Trinajstić information content (AvgIpc) is 2.56. The molecule has 0 amide bonds. The number of aromatic amines is 1. The molecule has 0 spiro atoms. The third-order valence-corrected chi connectivity index (χ3v) is 3.14. The number of benzene rings is 1. The van der Waals surface area contributed by atoms with Crippen molar-refractivity contribution in [2.75, 3.05) is 13.7 Å². The molecule has 0 fully saturated rings. The van der Waals surface area contributed by atoms with Gasteiger partial charge < -0.3 is 9.47 Å². The van der Waals surface area contributed by atoms with Gasteiger partial charge in [-0.3, -0.25) is 9.89 Å². The van der Waals surface area contributed by atoms with Crippen molar-refractivity contribution in [1.82, 2.24) is 14.9 Å². The second kappa shape index (κ2) is 7.50. The van der Waals surface area contributed by atoms with Gasteiger partial charge in [0.25, 0.3) is 5.56 Å². The minimum atomic E-state index is -0.372. The van der Waals surface area contributed by atoms with Crippen molar-refractivity contribution in [2.45, 2.75) is 6.92 Å². The number of nitrogens with zero attached hydrogens (tertiary/aromatic N) is 3. The molecule has 1 heterocycles. The summed E-state index contributed by atoms with van der Waals surface area (Å²) in [4.78, 5) is 12.0. The van der Waals surface area contributed by atoms with Gasteiger partial charge in [-0.2, -0.15) is 14.9 Å². The van der Waals surface area contributed by atoms with Gasteiger partial charge in [0.05, 0.1) is 13.3 Å². The van der Waals surface area contributed by atoms with Gasteiger partial charge in [0.15, 0.2) is 11.5 Å². The summed E-state index contributed by atoms with van der Waals surface area (Å²) < 4.78 is 11.9. The van der Waals surface area contributed by atoms with Gasteiger partial charge in [-0.1, -0.05) is 12.7 Å². The third kappa shape index (κ3) is 3.92. The lowest BCUT2D eigenvalue weighted by atomic mass is 10.2. The molecule has 1 aromatic carbocycles. The van der Waals surface area contributed by atoms with Crippen LogP contribution in [-0.2, 0) is 0 Å². The molecule has 0 bridgehead atoms. The van der Waals surface area contributed by atoms with Crippen LogP contribution in [0, 0.1) is 11.7 Å². The Balaban J connectivity index is 2.34. The van der Waals surface area contributed by atoms with Crippen molar-refractivity contribution in [1.29, 1.82) is 0 Å². The molecule has 8 heteroatoms. The summed E-state index contributed by atoms with van der Waals surface area (Å²) in [6.07, 6.45) is 3.15. The van der Waals surface area contributed by atoms with Crippen molar-refractivity contribution >= 4 is 18.4 Å². The number of rotatable bonds is 6.